The number of rotatable bonds is 5. The van der Waals surface area contributed by atoms with E-state index in [1.165, 1.54) is 0 Å². The number of methoxy groups -OCH3 is 2. The van der Waals surface area contributed by atoms with Gasteiger partial charge in [-0.15, -0.1) is 0 Å². The molecular weight excluding hydrogens is 308 g/mol. The molecule has 0 N–H and O–H groups in total. The van der Waals surface area contributed by atoms with Gasteiger partial charge in [0.25, 0.3) is 5.91 Å². The number of fused-ring (bicyclic) bond motifs is 2. The summed E-state index contributed by atoms with van der Waals surface area (Å²) in [5.41, 5.74) is 1.72. The molecule has 0 aliphatic carbocycles. The van der Waals surface area contributed by atoms with E-state index in [0.29, 0.717) is 32.0 Å². The molecule has 0 fully saturated rings. The fourth-order valence-electron chi connectivity index (χ4n) is 2.84. The van der Waals surface area contributed by atoms with Crippen molar-refractivity contribution in [2.75, 3.05) is 27.4 Å². The van der Waals surface area contributed by atoms with Gasteiger partial charge >= 0.3 is 0 Å². The SMILES string of the molecule is CCC1Oc2nc3ccc(OC)cc3cc2CN(CCOC)C1=O. The summed E-state index contributed by atoms with van der Waals surface area (Å²) in [6.45, 7) is 3.43. The lowest BCUT2D eigenvalue weighted by molar-refractivity contribution is -0.139. The van der Waals surface area contributed by atoms with E-state index in [0.717, 1.165) is 22.2 Å². The molecule has 2 aromatic rings. The first-order valence-electron chi connectivity index (χ1n) is 8.08. The van der Waals surface area contributed by atoms with Gasteiger partial charge in [-0.05, 0) is 30.7 Å². The lowest BCUT2D eigenvalue weighted by Gasteiger charge is -2.22. The Bertz CT molecular complexity index is 747. The monoisotopic (exact) mass is 330 g/mol. The number of hydrogen-bond acceptors (Lipinski definition) is 5. The number of nitrogens with zero attached hydrogens (tertiary/aromatic N) is 2. The predicted octanol–water partition coefficient (Wildman–Crippen LogP) is 2.39. The molecule has 2 heterocycles. The second kappa shape index (κ2) is 7.05. The highest BCUT2D eigenvalue weighted by atomic mass is 16.5. The molecule has 0 radical (unpaired) electrons. The van der Waals surface area contributed by atoms with Gasteiger partial charge in [0.2, 0.25) is 5.88 Å². The molecule has 24 heavy (non-hydrogen) atoms. The molecule has 0 bridgehead atoms. The average molecular weight is 330 g/mol. The molecule has 6 heteroatoms. The Balaban J connectivity index is 2.03. The molecule has 1 aromatic carbocycles. The van der Waals surface area contributed by atoms with Crippen LogP contribution in [-0.2, 0) is 16.1 Å². The second-order valence-electron chi connectivity index (χ2n) is 5.78. The molecule has 1 aliphatic heterocycles. The van der Waals surface area contributed by atoms with Crippen LogP contribution in [-0.4, -0.2) is 49.3 Å². The molecule has 3 rings (SSSR count). The highest BCUT2D eigenvalue weighted by Crippen LogP contribution is 2.30. The van der Waals surface area contributed by atoms with Gasteiger partial charge in [0.15, 0.2) is 6.10 Å². The largest absolute Gasteiger partial charge is 0.497 e. The molecule has 1 amide bonds. The van der Waals surface area contributed by atoms with E-state index in [1.807, 2.05) is 31.2 Å². The summed E-state index contributed by atoms with van der Waals surface area (Å²) in [6.07, 6.45) is 0.0932. The minimum atomic E-state index is -0.508. The summed E-state index contributed by atoms with van der Waals surface area (Å²) in [7, 11) is 3.27. The van der Waals surface area contributed by atoms with Crippen LogP contribution in [0.1, 0.15) is 18.9 Å². The van der Waals surface area contributed by atoms with E-state index < -0.39 is 6.10 Å². The van der Waals surface area contributed by atoms with Crippen LogP contribution >= 0.6 is 0 Å². The molecule has 1 aliphatic rings. The Kier molecular flexibility index (Phi) is 4.85. The van der Waals surface area contributed by atoms with E-state index in [-0.39, 0.29) is 5.91 Å². The first kappa shape index (κ1) is 16.5. The zero-order valence-electron chi connectivity index (χ0n) is 14.2. The van der Waals surface area contributed by atoms with Crippen molar-refractivity contribution in [3.05, 3.63) is 29.8 Å². The van der Waals surface area contributed by atoms with Crippen LogP contribution in [0, 0.1) is 0 Å². The lowest BCUT2D eigenvalue weighted by Crippen LogP contribution is -2.40. The first-order chi connectivity index (χ1) is 11.7. The molecular formula is C18H22N2O4. The highest BCUT2D eigenvalue weighted by Gasteiger charge is 2.30. The number of amides is 1. The third-order valence-electron chi connectivity index (χ3n) is 4.20. The topological polar surface area (TPSA) is 60.9 Å². The van der Waals surface area contributed by atoms with Crippen molar-refractivity contribution in [2.24, 2.45) is 0 Å². The van der Waals surface area contributed by atoms with Crippen molar-refractivity contribution in [1.82, 2.24) is 9.88 Å². The van der Waals surface area contributed by atoms with Gasteiger partial charge in [-0.25, -0.2) is 4.98 Å². The quantitative estimate of drug-likeness (QED) is 0.842. The van der Waals surface area contributed by atoms with Gasteiger partial charge in [0.05, 0.1) is 25.8 Å². The summed E-state index contributed by atoms with van der Waals surface area (Å²) in [4.78, 5) is 19.0. The number of aromatic nitrogens is 1. The molecule has 1 unspecified atom stereocenters. The van der Waals surface area contributed by atoms with Crippen LogP contribution in [0.3, 0.4) is 0 Å². The Morgan fingerprint density at radius 1 is 1.33 bits per heavy atom. The van der Waals surface area contributed by atoms with E-state index in [4.69, 9.17) is 14.2 Å². The second-order valence-corrected chi connectivity index (χ2v) is 5.78. The molecule has 1 atom stereocenters. The number of ether oxygens (including phenoxy) is 3. The first-order valence-corrected chi connectivity index (χ1v) is 8.08. The number of hydrogen-bond donors (Lipinski definition) is 0. The van der Waals surface area contributed by atoms with Crippen LogP contribution in [0.25, 0.3) is 10.9 Å². The smallest absolute Gasteiger partial charge is 0.264 e. The third-order valence-corrected chi connectivity index (χ3v) is 4.20. The molecule has 0 saturated heterocycles. The van der Waals surface area contributed by atoms with E-state index in [2.05, 4.69) is 4.98 Å². The Morgan fingerprint density at radius 3 is 2.88 bits per heavy atom. The Morgan fingerprint density at radius 2 is 2.17 bits per heavy atom. The van der Waals surface area contributed by atoms with Crippen molar-refractivity contribution >= 4 is 16.8 Å². The van der Waals surface area contributed by atoms with Gasteiger partial charge < -0.3 is 19.1 Å². The summed E-state index contributed by atoms with van der Waals surface area (Å²) in [6, 6.07) is 7.72. The summed E-state index contributed by atoms with van der Waals surface area (Å²) in [5.74, 6) is 1.29. The van der Waals surface area contributed by atoms with Gasteiger partial charge in [-0.2, -0.15) is 0 Å². The van der Waals surface area contributed by atoms with Gasteiger partial charge in [0.1, 0.15) is 5.75 Å². The van der Waals surface area contributed by atoms with E-state index in [1.54, 1.807) is 19.1 Å². The Labute approximate surface area is 141 Å². The number of carbonyl (C=O) groups excluding carboxylic acids is 1. The maximum absolute atomic E-state index is 12.6. The minimum Gasteiger partial charge on any atom is -0.497 e. The number of carbonyl (C=O) groups is 1. The average Bonchev–Trinajstić information content (AvgIpc) is 2.74. The highest BCUT2D eigenvalue weighted by molar-refractivity contribution is 5.84. The maximum Gasteiger partial charge on any atom is 0.264 e. The van der Waals surface area contributed by atoms with Crippen LogP contribution in [0.4, 0.5) is 0 Å². The fraction of sp³-hybridized carbons (Fsp3) is 0.444. The summed E-state index contributed by atoms with van der Waals surface area (Å²) < 4.78 is 16.3. The van der Waals surface area contributed by atoms with Crippen molar-refractivity contribution < 1.29 is 19.0 Å². The zero-order valence-corrected chi connectivity index (χ0v) is 14.2. The lowest BCUT2D eigenvalue weighted by atomic mass is 10.1. The normalized spacial score (nSPS) is 17.4. The summed E-state index contributed by atoms with van der Waals surface area (Å²) in [5, 5.41) is 0.964. The van der Waals surface area contributed by atoms with Crippen LogP contribution < -0.4 is 9.47 Å². The van der Waals surface area contributed by atoms with Gasteiger partial charge in [0, 0.05) is 24.6 Å². The number of pyridine rings is 1. The molecule has 0 spiro atoms. The van der Waals surface area contributed by atoms with Crippen molar-refractivity contribution in [3.8, 4) is 11.6 Å². The third kappa shape index (κ3) is 3.14. The summed E-state index contributed by atoms with van der Waals surface area (Å²) >= 11 is 0. The van der Waals surface area contributed by atoms with E-state index in [9.17, 15) is 4.79 Å². The van der Waals surface area contributed by atoms with Crippen LogP contribution in [0.5, 0.6) is 11.6 Å². The fourth-order valence-corrected chi connectivity index (χ4v) is 2.84. The van der Waals surface area contributed by atoms with Gasteiger partial charge in [-0.1, -0.05) is 6.92 Å². The molecule has 6 nitrogen and oxygen atoms in total. The Hall–Kier alpha value is -2.34. The molecule has 1 aromatic heterocycles. The van der Waals surface area contributed by atoms with Crippen molar-refractivity contribution in [2.45, 2.75) is 26.0 Å². The molecule has 128 valence electrons. The van der Waals surface area contributed by atoms with Gasteiger partial charge in [-0.3, -0.25) is 4.79 Å². The molecule has 0 saturated carbocycles. The van der Waals surface area contributed by atoms with Crippen LogP contribution in [0.2, 0.25) is 0 Å². The van der Waals surface area contributed by atoms with E-state index >= 15 is 0 Å². The van der Waals surface area contributed by atoms with Crippen molar-refractivity contribution in [3.63, 3.8) is 0 Å². The predicted molar refractivity (Wildman–Crippen MR) is 90.3 cm³/mol. The standard InChI is InChI=1S/C18H22N2O4/c1-4-16-18(21)20(7-8-22-2)11-13-9-12-10-14(23-3)5-6-15(12)19-17(13)24-16/h5-6,9-10,16H,4,7-8,11H2,1-3H3. The van der Waals surface area contributed by atoms with Crippen LogP contribution in [0.15, 0.2) is 24.3 Å². The van der Waals surface area contributed by atoms with Crippen molar-refractivity contribution in [1.29, 1.82) is 0 Å². The number of benzene rings is 1. The minimum absolute atomic E-state index is 0.0193. The zero-order chi connectivity index (χ0) is 17.1. The maximum atomic E-state index is 12.6.